The number of hydrogen-bond donors (Lipinski definition) is 2. The Morgan fingerprint density at radius 1 is 1.41 bits per heavy atom. The van der Waals surface area contributed by atoms with E-state index in [9.17, 15) is 5.11 Å². The first-order valence-corrected chi connectivity index (χ1v) is 7.43. The van der Waals surface area contributed by atoms with E-state index in [-0.39, 0.29) is 6.04 Å². The van der Waals surface area contributed by atoms with Crippen LogP contribution in [0.1, 0.15) is 25.3 Å². The Morgan fingerprint density at radius 3 is 3.00 bits per heavy atom. The van der Waals surface area contributed by atoms with Gasteiger partial charge >= 0.3 is 0 Å². The number of hydrogen-bond acceptors (Lipinski definition) is 3. The zero-order valence-electron chi connectivity index (χ0n) is 10.1. The van der Waals surface area contributed by atoms with Crippen molar-refractivity contribution in [1.82, 2.24) is 0 Å². The second kappa shape index (κ2) is 4.21. The minimum absolute atomic E-state index is 0.211. The van der Waals surface area contributed by atoms with Crippen molar-refractivity contribution in [2.45, 2.75) is 43.1 Å². The summed E-state index contributed by atoms with van der Waals surface area (Å²) in [7, 11) is 0. The molecule has 17 heavy (non-hydrogen) atoms. The summed E-state index contributed by atoms with van der Waals surface area (Å²) < 4.78 is 0. The molecule has 0 amide bonds. The molecule has 2 heterocycles. The molecule has 0 bridgehead atoms. The molecule has 1 aromatic rings. The quantitative estimate of drug-likeness (QED) is 0.802. The van der Waals surface area contributed by atoms with Crippen molar-refractivity contribution in [2.24, 2.45) is 0 Å². The van der Waals surface area contributed by atoms with Crippen molar-refractivity contribution in [1.29, 1.82) is 0 Å². The van der Waals surface area contributed by atoms with Gasteiger partial charge in [-0.2, -0.15) is 11.8 Å². The number of nitrogens with one attached hydrogen (secondary N) is 1. The average Bonchev–Trinajstić information content (AvgIpc) is 2.70. The van der Waals surface area contributed by atoms with E-state index in [0.29, 0.717) is 5.25 Å². The van der Waals surface area contributed by atoms with Crippen molar-refractivity contribution in [3.63, 3.8) is 0 Å². The first kappa shape index (κ1) is 11.4. The predicted molar refractivity (Wildman–Crippen MR) is 73.7 cm³/mol. The minimum Gasteiger partial charge on any atom is -0.387 e. The lowest BCUT2D eigenvalue weighted by molar-refractivity contribution is 0.0228. The molecule has 1 saturated heterocycles. The van der Waals surface area contributed by atoms with Gasteiger partial charge < -0.3 is 10.4 Å². The molecule has 1 fully saturated rings. The van der Waals surface area contributed by atoms with Crippen LogP contribution in [0.3, 0.4) is 0 Å². The fraction of sp³-hybridized carbons (Fsp3) is 0.571. The molecular formula is C14H19NOS. The van der Waals surface area contributed by atoms with E-state index in [1.165, 1.54) is 11.3 Å². The van der Waals surface area contributed by atoms with E-state index in [1.807, 2.05) is 11.8 Å². The van der Waals surface area contributed by atoms with E-state index in [1.54, 1.807) is 0 Å². The summed E-state index contributed by atoms with van der Waals surface area (Å²) in [5.41, 5.74) is 2.06. The third-order valence-corrected chi connectivity index (χ3v) is 5.58. The maximum absolute atomic E-state index is 10.8. The highest BCUT2D eigenvalue weighted by Gasteiger charge is 2.46. The number of benzene rings is 1. The van der Waals surface area contributed by atoms with Gasteiger partial charge in [0.05, 0.1) is 11.6 Å². The maximum Gasteiger partial charge on any atom is 0.0970 e. The van der Waals surface area contributed by atoms with Gasteiger partial charge in [0.15, 0.2) is 0 Å². The van der Waals surface area contributed by atoms with Crippen molar-refractivity contribution in [2.75, 3.05) is 11.1 Å². The largest absolute Gasteiger partial charge is 0.387 e. The number of fused-ring (bicyclic) bond motifs is 1. The van der Waals surface area contributed by atoms with Crippen LogP contribution in [0.25, 0.3) is 0 Å². The van der Waals surface area contributed by atoms with Crippen LogP contribution in [0.15, 0.2) is 24.3 Å². The molecule has 0 saturated carbocycles. The molecule has 2 nitrogen and oxygen atoms in total. The number of anilines is 1. The molecule has 92 valence electrons. The molecule has 3 rings (SSSR count). The standard InChI is InChI=1S/C14H19NOS/c1-10-14(16,8-9-17-10)13-7-6-11-4-2-3-5-12(11)15-13/h2-5,10,13,15-16H,6-9H2,1H3. The van der Waals surface area contributed by atoms with Crippen LogP contribution in [0, 0.1) is 0 Å². The van der Waals surface area contributed by atoms with Gasteiger partial charge in [-0.25, -0.2) is 0 Å². The van der Waals surface area contributed by atoms with Crippen LogP contribution >= 0.6 is 11.8 Å². The third kappa shape index (κ3) is 1.85. The highest BCUT2D eigenvalue weighted by Crippen LogP contribution is 2.41. The molecule has 3 unspecified atom stereocenters. The van der Waals surface area contributed by atoms with Crippen molar-refractivity contribution >= 4 is 17.4 Å². The average molecular weight is 249 g/mol. The Kier molecular flexibility index (Phi) is 2.83. The number of aliphatic hydroxyl groups is 1. The summed E-state index contributed by atoms with van der Waals surface area (Å²) in [5.74, 6) is 1.08. The zero-order chi connectivity index (χ0) is 11.9. The van der Waals surface area contributed by atoms with Crippen LogP contribution < -0.4 is 5.32 Å². The Bertz CT molecular complexity index is 422. The van der Waals surface area contributed by atoms with E-state index in [0.717, 1.165) is 25.0 Å². The monoisotopic (exact) mass is 249 g/mol. The first-order valence-electron chi connectivity index (χ1n) is 6.38. The fourth-order valence-electron chi connectivity index (χ4n) is 3.02. The summed E-state index contributed by atoms with van der Waals surface area (Å²) >= 11 is 1.89. The smallest absolute Gasteiger partial charge is 0.0970 e. The molecule has 0 spiro atoms. The molecule has 2 N–H and O–H groups in total. The van der Waals surface area contributed by atoms with E-state index in [4.69, 9.17) is 0 Å². The molecule has 0 aliphatic carbocycles. The summed E-state index contributed by atoms with van der Waals surface area (Å²) in [5, 5.41) is 14.7. The summed E-state index contributed by atoms with van der Waals surface area (Å²) in [6, 6.07) is 8.66. The van der Waals surface area contributed by atoms with Gasteiger partial charge in [0.1, 0.15) is 0 Å². The molecule has 0 aromatic heterocycles. The van der Waals surface area contributed by atoms with Gasteiger partial charge in [-0.3, -0.25) is 0 Å². The Morgan fingerprint density at radius 2 is 2.24 bits per heavy atom. The van der Waals surface area contributed by atoms with Crippen molar-refractivity contribution in [3.05, 3.63) is 29.8 Å². The van der Waals surface area contributed by atoms with Gasteiger partial charge in [-0.05, 0) is 36.6 Å². The molecule has 1 aromatic carbocycles. The number of para-hydroxylation sites is 1. The van der Waals surface area contributed by atoms with Crippen LogP contribution in [-0.2, 0) is 6.42 Å². The lowest BCUT2D eigenvalue weighted by atomic mass is 9.82. The van der Waals surface area contributed by atoms with E-state index >= 15 is 0 Å². The fourth-order valence-corrected chi connectivity index (χ4v) is 4.39. The number of rotatable bonds is 1. The third-order valence-electron chi connectivity index (χ3n) is 4.23. The SMILES string of the molecule is CC1SCCC1(O)C1CCc2ccccc2N1. The Balaban J connectivity index is 1.84. The topological polar surface area (TPSA) is 32.3 Å². The van der Waals surface area contributed by atoms with Crippen LogP contribution in [-0.4, -0.2) is 27.8 Å². The van der Waals surface area contributed by atoms with Crippen molar-refractivity contribution in [3.8, 4) is 0 Å². The van der Waals surface area contributed by atoms with Crippen LogP contribution in [0.2, 0.25) is 0 Å². The van der Waals surface area contributed by atoms with Gasteiger partial charge in [-0.1, -0.05) is 25.1 Å². The van der Waals surface area contributed by atoms with E-state index < -0.39 is 5.60 Å². The molecule has 0 radical (unpaired) electrons. The summed E-state index contributed by atoms with van der Waals surface area (Å²) in [4.78, 5) is 0. The minimum atomic E-state index is -0.530. The Hall–Kier alpha value is -0.670. The highest BCUT2D eigenvalue weighted by atomic mass is 32.2. The zero-order valence-corrected chi connectivity index (χ0v) is 11.0. The van der Waals surface area contributed by atoms with Gasteiger partial charge in [0.2, 0.25) is 0 Å². The predicted octanol–water partition coefficient (Wildman–Crippen LogP) is 2.67. The van der Waals surface area contributed by atoms with Gasteiger partial charge in [-0.15, -0.1) is 0 Å². The Labute approximate surface area is 107 Å². The summed E-state index contributed by atoms with van der Waals surface area (Å²) in [6.07, 6.45) is 3.03. The maximum atomic E-state index is 10.8. The van der Waals surface area contributed by atoms with Crippen LogP contribution in [0.5, 0.6) is 0 Å². The molecule has 3 heteroatoms. The van der Waals surface area contributed by atoms with Crippen molar-refractivity contribution < 1.29 is 5.11 Å². The van der Waals surface area contributed by atoms with E-state index in [2.05, 4.69) is 36.5 Å². The first-order chi connectivity index (χ1) is 8.20. The lowest BCUT2D eigenvalue weighted by Crippen LogP contribution is -2.52. The highest BCUT2D eigenvalue weighted by molar-refractivity contribution is 8.00. The van der Waals surface area contributed by atoms with Crippen LogP contribution in [0.4, 0.5) is 5.69 Å². The molecule has 2 aliphatic heterocycles. The molecule has 2 aliphatic rings. The second-order valence-electron chi connectivity index (χ2n) is 5.15. The number of aryl methyl sites for hydroxylation is 1. The summed E-state index contributed by atoms with van der Waals surface area (Å²) in [6.45, 7) is 2.15. The normalized spacial score (nSPS) is 36.4. The molecular weight excluding hydrogens is 230 g/mol. The second-order valence-corrected chi connectivity index (χ2v) is 6.60. The van der Waals surface area contributed by atoms with Gasteiger partial charge in [0.25, 0.3) is 0 Å². The van der Waals surface area contributed by atoms with Gasteiger partial charge in [0, 0.05) is 10.9 Å². The lowest BCUT2D eigenvalue weighted by Gasteiger charge is -2.39. The molecule has 3 atom stereocenters. The number of thioether (sulfide) groups is 1.